The number of aromatic amines is 1. The Balaban J connectivity index is 2.22. The first-order valence-electron chi connectivity index (χ1n) is 6.49. The molecule has 2 aromatic carbocycles. The summed E-state index contributed by atoms with van der Waals surface area (Å²) in [6, 6.07) is 7.09. The number of H-pyrrole nitrogens is 1. The fourth-order valence-electron chi connectivity index (χ4n) is 2.16. The first-order chi connectivity index (χ1) is 11.3. The monoisotopic (exact) mass is 342 g/mol. The van der Waals surface area contributed by atoms with Crippen LogP contribution in [0.4, 0.5) is 22.0 Å². The Labute approximate surface area is 130 Å². The maximum absolute atomic E-state index is 14.3. The van der Waals surface area contributed by atoms with E-state index in [4.69, 9.17) is 0 Å². The molecule has 0 radical (unpaired) electrons. The van der Waals surface area contributed by atoms with Gasteiger partial charge < -0.3 is 9.72 Å². The SMILES string of the molecule is O=c1[nH]c(-c2c(F)ccc(OC(F)(F)F)c2F)nc2ccccc12. The van der Waals surface area contributed by atoms with Crippen LogP contribution in [-0.2, 0) is 0 Å². The van der Waals surface area contributed by atoms with Crippen LogP contribution in [0.15, 0.2) is 41.2 Å². The normalized spacial score (nSPS) is 11.7. The number of halogens is 5. The van der Waals surface area contributed by atoms with Crippen molar-refractivity contribution in [1.29, 1.82) is 0 Å². The average molecular weight is 342 g/mol. The Bertz CT molecular complexity index is 982. The standard InChI is InChI=1S/C15H7F5N2O2/c16-8-5-6-10(24-15(18,19)20)12(17)11(8)13-21-9-4-2-1-3-7(9)14(23)22-13/h1-6H,(H,21,22,23). The number of para-hydroxylation sites is 1. The number of hydrogen-bond acceptors (Lipinski definition) is 3. The van der Waals surface area contributed by atoms with E-state index in [0.29, 0.717) is 12.1 Å². The summed E-state index contributed by atoms with van der Waals surface area (Å²) in [6.07, 6.45) is -5.15. The van der Waals surface area contributed by atoms with Gasteiger partial charge in [0.1, 0.15) is 11.6 Å². The lowest BCUT2D eigenvalue weighted by Gasteiger charge is -2.12. The lowest BCUT2D eigenvalue weighted by atomic mass is 10.1. The van der Waals surface area contributed by atoms with Gasteiger partial charge in [0.05, 0.1) is 16.5 Å². The van der Waals surface area contributed by atoms with Gasteiger partial charge in [-0.05, 0) is 24.3 Å². The van der Waals surface area contributed by atoms with E-state index in [9.17, 15) is 26.7 Å². The highest BCUT2D eigenvalue weighted by atomic mass is 19.4. The van der Waals surface area contributed by atoms with Crippen LogP contribution in [0, 0.1) is 11.6 Å². The van der Waals surface area contributed by atoms with Crippen LogP contribution in [0.25, 0.3) is 22.3 Å². The fourth-order valence-corrected chi connectivity index (χ4v) is 2.16. The zero-order valence-electron chi connectivity index (χ0n) is 11.6. The van der Waals surface area contributed by atoms with Gasteiger partial charge in [0, 0.05) is 0 Å². The highest BCUT2D eigenvalue weighted by Gasteiger charge is 2.33. The minimum absolute atomic E-state index is 0.136. The fraction of sp³-hybridized carbons (Fsp3) is 0.0667. The minimum atomic E-state index is -5.15. The molecule has 0 fully saturated rings. The lowest BCUT2D eigenvalue weighted by Crippen LogP contribution is -2.18. The molecule has 3 rings (SSSR count). The van der Waals surface area contributed by atoms with E-state index in [-0.39, 0.29) is 10.9 Å². The quantitative estimate of drug-likeness (QED) is 0.722. The molecule has 0 aliphatic rings. The second-order valence-electron chi connectivity index (χ2n) is 4.71. The third-order valence-electron chi connectivity index (χ3n) is 3.13. The third kappa shape index (κ3) is 2.92. The van der Waals surface area contributed by atoms with Gasteiger partial charge in [0.2, 0.25) is 0 Å². The molecule has 9 heteroatoms. The average Bonchev–Trinajstić information content (AvgIpc) is 2.49. The number of aromatic nitrogens is 2. The molecule has 0 amide bonds. The van der Waals surface area contributed by atoms with Crippen molar-refractivity contribution in [2.75, 3.05) is 0 Å². The Morgan fingerprint density at radius 2 is 1.75 bits per heavy atom. The number of hydrogen-bond donors (Lipinski definition) is 1. The minimum Gasteiger partial charge on any atom is -0.403 e. The van der Waals surface area contributed by atoms with Crippen LogP contribution in [0.3, 0.4) is 0 Å². The lowest BCUT2D eigenvalue weighted by molar-refractivity contribution is -0.275. The van der Waals surface area contributed by atoms with Gasteiger partial charge in [-0.2, -0.15) is 0 Å². The van der Waals surface area contributed by atoms with Crippen molar-refractivity contribution in [3.05, 3.63) is 58.4 Å². The number of ether oxygens (including phenoxy) is 1. The number of benzene rings is 2. The topological polar surface area (TPSA) is 55.0 Å². The molecule has 124 valence electrons. The highest BCUT2D eigenvalue weighted by molar-refractivity contribution is 5.79. The summed E-state index contributed by atoms with van der Waals surface area (Å²) in [6.45, 7) is 0. The van der Waals surface area contributed by atoms with Crippen LogP contribution in [0.2, 0.25) is 0 Å². The summed E-state index contributed by atoms with van der Waals surface area (Å²) in [5.41, 5.74) is -1.46. The zero-order chi connectivity index (χ0) is 17.5. The number of alkyl halides is 3. The van der Waals surface area contributed by atoms with Crippen LogP contribution in [-0.4, -0.2) is 16.3 Å². The van der Waals surface area contributed by atoms with Crippen molar-refractivity contribution in [2.24, 2.45) is 0 Å². The maximum atomic E-state index is 14.3. The summed E-state index contributed by atoms with van der Waals surface area (Å²) >= 11 is 0. The zero-order valence-corrected chi connectivity index (χ0v) is 11.6. The second-order valence-corrected chi connectivity index (χ2v) is 4.71. The number of nitrogens with zero attached hydrogens (tertiary/aromatic N) is 1. The van der Waals surface area contributed by atoms with E-state index in [1.54, 1.807) is 12.1 Å². The largest absolute Gasteiger partial charge is 0.573 e. The Kier molecular flexibility index (Phi) is 3.70. The van der Waals surface area contributed by atoms with Gasteiger partial charge in [0.25, 0.3) is 5.56 Å². The molecule has 1 N–H and O–H groups in total. The predicted molar refractivity (Wildman–Crippen MR) is 74.4 cm³/mol. The van der Waals surface area contributed by atoms with E-state index in [1.165, 1.54) is 12.1 Å². The predicted octanol–water partition coefficient (Wildman–Crippen LogP) is 3.77. The van der Waals surface area contributed by atoms with Crippen LogP contribution < -0.4 is 10.3 Å². The van der Waals surface area contributed by atoms with Crippen molar-refractivity contribution in [3.8, 4) is 17.1 Å². The van der Waals surface area contributed by atoms with E-state index in [1.807, 2.05) is 0 Å². The van der Waals surface area contributed by atoms with E-state index >= 15 is 0 Å². The molecule has 0 spiro atoms. The smallest absolute Gasteiger partial charge is 0.403 e. The van der Waals surface area contributed by atoms with Crippen molar-refractivity contribution in [1.82, 2.24) is 9.97 Å². The van der Waals surface area contributed by atoms with Crippen LogP contribution in [0.1, 0.15) is 0 Å². The van der Waals surface area contributed by atoms with Gasteiger partial charge in [0.15, 0.2) is 11.6 Å². The van der Waals surface area contributed by atoms with Gasteiger partial charge >= 0.3 is 6.36 Å². The van der Waals surface area contributed by atoms with Gasteiger partial charge in [-0.25, -0.2) is 13.8 Å². The summed E-state index contributed by atoms with van der Waals surface area (Å²) < 4.78 is 68.5. The molecule has 0 bridgehead atoms. The number of nitrogens with one attached hydrogen (secondary N) is 1. The number of fused-ring (bicyclic) bond motifs is 1. The summed E-state index contributed by atoms with van der Waals surface area (Å²) in [4.78, 5) is 18.0. The maximum Gasteiger partial charge on any atom is 0.573 e. The van der Waals surface area contributed by atoms with Crippen molar-refractivity contribution >= 4 is 10.9 Å². The van der Waals surface area contributed by atoms with Gasteiger partial charge in [-0.1, -0.05) is 12.1 Å². The molecule has 0 atom stereocenters. The summed E-state index contributed by atoms with van der Waals surface area (Å²) in [5, 5.41) is 0.171. The van der Waals surface area contributed by atoms with Crippen LogP contribution in [0.5, 0.6) is 5.75 Å². The van der Waals surface area contributed by atoms with Crippen LogP contribution >= 0.6 is 0 Å². The summed E-state index contributed by atoms with van der Waals surface area (Å²) in [5.74, 6) is -4.58. The van der Waals surface area contributed by atoms with Crippen molar-refractivity contribution in [2.45, 2.75) is 6.36 Å². The van der Waals surface area contributed by atoms with E-state index in [2.05, 4.69) is 14.7 Å². The molecule has 1 heterocycles. The molecule has 0 saturated heterocycles. The van der Waals surface area contributed by atoms with E-state index < -0.39 is 40.7 Å². The molecular weight excluding hydrogens is 335 g/mol. The third-order valence-corrected chi connectivity index (χ3v) is 3.13. The summed E-state index contributed by atoms with van der Waals surface area (Å²) in [7, 11) is 0. The Hall–Kier alpha value is -2.97. The molecule has 1 aromatic heterocycles. The molecule has 4 nitrogen and oxygen atoms in total. The molecule has 0 aliphatic carbocycles. The molecule has 0 unspecified atom stereocenters. The van der Waals surface area contributed by atoms with Crippen molar-refractivity contribution < 1.29 is 26.7 Å². The van der Waals surface area contributed by atoms with Crippen molar-refractivity contribution in [3.63, 3.8) is 0 Å². The van der Waals surface area contributed by atoms with Gasteiger partial charge in [-0.15, -0.1) is 13.2 Å². The molecule has 0 aliphatic heterocycles. The first-order valence-corrected chi connectivity index (χ1v) is 6.49. The molecule has 0 saturated carbocycles. The second kappa shape index (κ2) is 5.59. The van der Waals surface area contributed by atoms with E-state index in [0.717, 1.165) is 0 Å². The molecule has 24 heavy (non-hydrogen) atoms. The highest BCUT2D eigenvalue weighted by Crippen LogP contribution is 2.33. The number of rotatable bonds is 2. The van der Waals surface area contributed by atoms with Gasteiger partial charge in [-0.3, -0.25) is 4.79 Å². The Morgan fingerprint density at radius 3 is 2.46 bits per heavy atom. The molecule has 3 aromatic rings. The Morgan fingerprint density at radius 1 is 1.04 bits per heavy atom. The molecular formula is C15H7F5N2O2. The first kappa shape index (κ1) is 15.9.